The van der Waals surface area contributed by atoms with E-state index in [9.17, 15) is 0 Å². The fourth-order valence-electron chi connectivity index (χ4n) is 1.68. The fraction of sp³-hybridized carbons (Fsp3) is 0.385. The van der Waals surface area contributed by atoms with Crippen molar-refractivity contribution in [1.29, 1.82) is 0 Å². The molecule has 1 aromatic rings. The van der Waals surface area contributed by atoms with E-state index >= 15 is 0 Å². The van der Waals surface area contributed by atoms with E-state index in [4.69, 9.17) is 17.7 Å². The maximum absolute atomic E-state index is 5.50. The Kier molecular flexibility index (Phi) is 6.46. The van der Waals surface area contributed by atoms with Crippen LogP contribution in [-0.2, 0) is 17.7 Å². The molecule has 0 aliphatic rings. The van der Waals surface area contributed by atoms with Crippen LogP contribution in [0.1, 0.15) is 5.56 Å². The highest BCUT2D eigenvalue weighted by Gasteiger charge is 2.40. The second kappa shape index (κ2) is 7.61. The summed E-state index contributed by atoms with van der Waals surface area (Å²) in [6, 6.07) is 7.93. The number of rotatable bonds is 7. The zero-order chi connectivity index (χ0) is 14.3. The lowest BCUT2D eigenvalue weighted by Gasteiger charge is -2.24. The first-order valence-corrected chi connectivity index (χ1v) is 10.7. The summed E-state index contributed by atoms with van der Waals surface area (Å²) in [5, 5.41) is 0.941. The van der Waals surface area contributed by atoms with Gasteiger partial charge in [0.05, 0.1) is 6.26 Å². The molecule has 0 saturated carbocycles. The second-order valence-corrected chi connectivity index (χ2v) is 9.56. The molecule has 0 aliphatic heterocycles. The molecule has 4 nitrogen and oxygen atoms in total. The molecule has 0 atom stereocenters. The molecule has 6 heteroatoms. The molecule has 0 amide bonds. The maximum Gasteiger partial charge on any atom is 0.536 e. The van der Waals surface area contributed by atoms with E-state index in [0.29, 0.717) is 0 Å². The van der Waals surface area contributed by atoms with Gasteiger partial charge in [-0.05, 0) is 24.7 Å². The van der Waals surface area contributed by atoms with Crippen LogP contribution in [0, 0.1) is 0 Å². The predicted molar refractivity (Wildman–Crippen MR) is 81.9 cm³/mol. The van der Waals surface area contributed by atoms with Crippen LogP contribution in [0.5, 0.6) is 0 Å². The third-order valence-corrected chi connectivity index (χ3v) is 6.04. The van der Waals surface area contributed by atoms with Gasteiger partial charge in [-0.15, -0.1) is 0 Å². The zero-order valence-electron chi connectivity index (χ0n) is 12.2. The first-order valence-electron chi connectivity index (χ1n) is 6.16. The lowest BCUT2D eigenvalue weighted by atomic mass is 10.2. The summed E-state index contributed by atoms with van der Waals surface area (Å²) >= 11 is 0. The largest absolute Gasteiger partial charge is 0.552 e. The summed E-state index contributed by atoms with van der Waals surface area (Å²) in [5.41, 5.74) is 1.07. The molecule has 0 radical (unpaired) electrons. The quantitative estimate of drug-likeness (QED) is 0.567. The van der Waals surface area contributed by atoms with Crippen molar-refractivity contribution in [2.75, 3.05) is 21.3 Å². The average Bonchev–Trinajstić information content (AvgIpc) is 2.42. The topological polar surface area (TPSA) is 36.9 Å². The van der Waals surface area contributed by atoms with Crippen molar-refractivity contribution in [2.24, 2.45) is 0 Å². The molecule has 106 valence electrons. The van der Waals surface area contributed by atoms with E-state index in [0.717, 1.165) is 10.8 Å². The summed E-state index contributed by atoms with van der Waals surface area (Å²) in [5.74, 6) is 0. The molecule has 0 saturated heterocycles. The Morgan fingerprint density at radius 1 is 0.947 bits per heavy atom. The van der Waals surface area contributed by atoms with E-state index in [1.54, 1.807) is 27.6 Å². The van der Waals surface area contributed by atoms with Crippen LogP contribution in [0.3, 0.4) is 0 Å². The fourth-order valence-corrected chi connectivity index (χ4v) is 3.85. The van der Waals surface area contributed by atoms with E-state index in [1.165, 1.54) is 0 Å². The van der Waals surface area contributed by atoms with E-state index in [-0.39, 0.29) is 0 Å². The Labute approximate surface area is 118 Å². The monoisotopic (exact) mass is 298 g/mol. The van der Waals surface area contributed by atoms with Crippen molar-refractivity contribution in [2.45, 2.75) is 13.1 Å². The van der Waals surface area contributed by atoms with Gasteiger partial charge in [-0.1, -0.05) is 24.3 Å². The van der Waals surface area contributed by atoms with Gasteiger partial charge in [0.2, 0.25) is 9.04 Å². The van der Waals surface area contributed by atoms with Gasteiger partial charge >= 0.3 is 8.80 Å². The molecule has 0 bridgehead atoms. The highest BCUT2D eigenvalue weighted by Crippen LogP contribution is 2.09. The van der Waals surface area contributed by atoms with E-state index in [1.807, 2.05) is 30.3 Å². The Hall–Kier alpha value is -0.926. The molecule has 0 aromatic heterocycles. The van der Waals surface area contributed by atoms with Crippen LogP contribution in [0.25, 0.3) is 6.08 Å². The third-order valence-electron chi connectivity index (χ3n) is 2.68. The van der Waals surface area contributed by atoms with Crippen LogP contribution in [0.15, 0.2) is 30.5 Å². The van der Waals surface area contributed by atoms with Gasteiger partial charge in [0.25, 0.3) is 0 Å². The van der Waals surface area contributed by atoms with Gasteiger partial charge in [0.1, 0.15) is 0 Å². The smallest absolute Gasteiger partial charge is 0.536 e. The van der Waals surface area contributed by atoms with Gasteiger partial charge in [0, 0.05) is 26.5 Å². The van der Waals surface area contributed by atoms with Crippen LogP contribution in [0.4, 0.5) is 0 Å². The molecular weight excluding hydrogens is 276 g/mol. The van der Waals surface area contributed by atoms with Gasteiger partial charge in [-0.3, -0.25) is 0 Å². The number of benzene rings is 1. The summed E-state index contributed by atoms with van der Waals surface area (Å²) in [4.78, 5) is 0. The maximum atomic E-state index is 5.50. The summed E-state index contributed by atoms with van der Waals surface area (Å²) in [6.07, 6.45) is 3.71. The molecule has 0 N–H and O–H groups in total. The summed E-state index contributed by atoms with van der Waals surface area (Å²) in [6.45, 7) is 4.26. The Morgan fingerprint density at radius 2 is 1.47 bits per heavy atom. The molecule has 1 rings (SSSR count). The molecule has 0 heterocycles. The second-order valence-electron chi connectivity index (χ2n) is 4.28. The number of hydrogen-bond acceptors (Lipinski definition) is 4. The lowest BCUT2D eigenvalue weighted by molar-refractivity contribution is 0.140. The Bertz CT molecular complexity index is 391. The SMILES string of the molecule is CO[Si](OC)(OC)c1ccc(C=CO[SiH](C)C)cc1. The average molecular weight is 298 g/mol. The van der Waals surface area contributed by atoms with Gasteiger partial charge in [-0.25, -0.2) is 0 Å². The highest BCUT2D eigenvalue weighted by atomic mass is 28.4. The zero-order valence-corrected chi connectivity index (χ0v) is 14.3. The lowest BCUT2D eigenvalue weighted by Crippen LogP contribution is -2.54. The molecule has 0 aliphatic carbocycles. The summed E-state index contributed by atoms with van der Waals surface area (Å²) in [7, 11) is 1.10. The van der Waals surface area contributed by atoms with Crippen LogP contribution in [0.2, 0.25) is 13.1 Å². The van der Waals surface area contributed by atoms with Gasteiger partial charge < -0.3 is 17.7 Å². The van der Waals surface area contributed by atoms with E-state index in [2.05, 4.69) is 13.1 Å². The van der Waals surface area contributed by atoms with Crippen molar-refractivity contribution in [3.05, 3.63) is 36.1 Å². The van der Waals surface area contributed by atoms with Crippen molar-refractivity contribution < 1.29 is 17.7 Å². The first kappa shape index (κ1) is 16.1. The van der Waals surface area contributed by atoms with Crippen LogP contribution < -0.4 is 5.19 Å². The standard InChI is InChI=1S/C13H22O4Si2/c1-14-19(15-2,16-3)13-8-6-12(7-9-13)10-11-17-18(4)5/h6-11,18H,1-5H3. The Balaban J connectivity index is 2.83. The van der Waals surface area contributed by atoms with Crippen molar-refractivity contribution >= 4 is 29.1 Å². The van der Waals surface area contributed by atoms with Crippen LogP contribution in [-0.4, -0.2) is 39.2 Å². The molecular formula is C13H22O4Si2. The third kappa shape index (κ3) is 4.29. The van der Waals surface area contributed by atoms with Crippen LogP contribution >= 0.6 is 0 Å². The van der Waals surface area contributed by atoms with Crippen molar-refractivity contribution in [1.82, 2.24) is 0 Å². The molecule has 0 fully saturated rings. The molecule has 19 heavy (non-hydrogen) atoms. The molecule has 1 aromatic carbocycles. The minimum Gasteiger partial charge on any atom is -0.552 e. The van der Waals surface area contributed by atoms with Gasteiger partial charge in [-0.2, -0.15) is 0 Å². The molecule has 0 unspecified atom stereocenters. The van der Waals surface area contributed by atoms with Gasteiger partial charge in [0.15, 0.2) is 0 Å². The summed E-state index contributed by atoms with van der Waals surface area (Å²) < 4.78 is 21.8. The van der Waals surface area contributed by atoms with E-state index < -0.39 is 17.8 Å². The predicted octanol–water partition coefficient (Wildman–Crippen LogP) is 1.74. The normalized spacial score (nSPS) is 12.3. The highest BCUT2D eigenvalue weighted by molar-refractivity contribution is 6.75. The minimum absolute atomic E-state index is 0.941. The first-order chi connectivity index (χ1) is 9.07. The van der Waals surface area contributed by atoms with Crippen molar-refractivity contribution in [3.8, 4) is 0 Å². The Morgan fingerprint density at radius 3 is 1.89 bits per heavy atom. The number of hydrogen-bond donors (Lipinski definition) is 0. The minimum atomic E-state index is -2.71. The van der Waals surface area contributed by atoms with Crippen molar-refractivity contribution in [3.63, 3.8) is 0 Å². The molecule has 0 spiro atoms.